The number of H-pyrrole nitrogens is 2. The zero-order valence-corrected chi connectivity index (χ0v) is 15.4. The minimum Gasteiger partial charge on any atom is -0.497 e. The van der Waals surface area contributed by atoms with Gasteiger partial charge >= 0.3 is 0 Å². The summed E-state index contributed by atoms with van der Waals surface area (Å²) in [7, 11) is 1.61. The molecule has 0 aliphatic rings. The second-order valence-corrected chi connectivity index (χ2v) is 6.46. The summed E-state index contributed by atoms with van der Waals surface area (Å²) in [6.07, 6.45) is 5.46. The highest BCUT2D eigenvalue weighted by Crippen LogP contribution is 2.30. The molecule has 0 saturated heterocycles. The Morgan fingerprint density at radius 1 is 1.25 bits per heavy atom. The van der Waals surface area contributed by atoms with Crippen LogP contribution in [0.25, 0.3) is 22.0 Å². The van der Waals surface area contributed by atoms with Gasteiger partial charge in [0.15, 0.2) is 0 Å². The summed E-state index contributed by atoms with van der Waals surface area (Å²) >= 11 is 0. The summed E-state index contributed by atoms with van der Waals surface area (Å²) in [6.45, 7) is 0.278. The molecule has 142 valence electrons. The first-order chi connectivity index (χ1) is 13.7. The summed E-state index contributed by atoms with van der Waals surface area (Å²) in [4.78, 5) is 16.2. The molecule has 5 N–H and O–H groups in total. The number of methoxy groups -OCH3 is 1. The molecule has 2 aromatic heterocycles. The van der Waals surface area contributed by atoms with Gasteiger partial charge in [0.2, 0.25) is 0 Å². The van der Waals surface area contributed by atoms with Crippen LogP contribution in [0.5, 0.6) is 5.75 Å². The van der Waals surface area contributed by atoms with Gasteiger partial charge in [-0.2, -0.15) is 5.10 Å². The molecule has 7 nitrogen and oxygen atoms in total. The van der Waals surface area contributed by atoms with Gasteiger partial charge in [0.1, 0.15) is 5.75 Å². The molecule has 0 spiro atoms. The Balaban J connectivity index is 1.65. The number of aromatic amines is 2. The van der Waals surface area contributed by atoms with E-state index in [-0.39, 0.29) is 18.5 Å². The van der Waals surface area contributed by atoms with E-state index in [9.17, 15) is 4.79 Å². The molecule has 0 saturated carbocycles. The van der Waals surface area contributed by atoms with Crippen molar-refractivity contribution in [3.8, 4) is 16.9 Å². The molecule has 0 bridgehead atoms. The van der Waals surface area contributed by atoms with Crippen LogP contribution >= 0.6 is 0 Å². The molecule has 2 aromatic carbocycles. The van der Waals surface area contributed by atoms with Crippen molar-refractivity contribution in [3.63, 3.8) is 0 Å². The number of carbonyl (C=O) groups is 1. The number of amides is 1. The molecule has 0 fully saturated rings. The number of carbonyl (C=O) groups excluding carboxylic acids is 1. The van der Waals surface area contributed by atoms with Crippen molar-refractivity contribution < 1.29 is 9.53 Å². The maximum atomic E-state index is 13.0. The van der Waals surface area contributed by atoms with Crippen LogP contribution in [0.2, 0.25) is 0 Å². The smallest absolute Gasteiger partial charge is 0.253 e. The zero-order valence-electron chi connectivity index (χ0n) is 15.4. The van der Waals surface area contributed by atoms with Gasteiger partial charge in [0, 0.05) is 35.5 Å². The SMILES string of the molecule is COc1cccc(C(CN)NC(=O)c2cccc3c(-c4cn[nH]c4)c[nH]c23)c1. The summed E-state index contributed by atoms with van der Waals surface area (Å²) in [6, 6.07) is 12.9. The summed E-state index contributed by atoms with van der Waals surface area (Å²) < 4.78 is 5.27. The Morgan fingerprint density at radius 2 is 2.11 bits per heavy atom. The van der Waals surface area contributed by atoms with Crippen LogP contribution in [-0.4, -0.2) is 34.7 Å². The first kappa shape index (κ1) is 17.8. The fraction of sp³-hybridized carbons (Fsp3) is 0.143. The molecular formula is C21H21N5O2. The zero-order chi connectivity index (χ0) is 19.5. The monoisotopic (exact) mass is 375 g/mol. The molecule has 28 heavy (non-hydrogen) atoms. The number of hydrogen-bond acceptors (Lipinski definition) is 4. The molecule has 0 radical (unpaired) electrons. The minimum absolute atomic E-state index is 0.190. The molecule has 4 rings (SSSR count). The Hall–Kier alpha value is -3.58. The number of ether oxygens (including phenoxy) is 1. The summed E-state index contributed by atoms with van der Waals surface area (Å²) in [5, 5.41) is 10.8. The van der Waals surface area contributed by atoms with Crippen molar-refractivity contribution in [2.75, 3.05) is 13.7 Å². The average molecular weight is 375 g/mol. The van der Waals surface area contributed by atoms with Crippen LogP contribution in [-0.2, 0) is 0 Å². The fourth-order valence-electron chi connectivity index (χ4n) is 3.35. The van der Waals surface area contributed by atoms with E-state index in [1.807, 2.05) is 48.8 Å². The fourth-order valence-corrected chi connectivity index (χ4v) is 3.35. The molecular weight excluding hydrogens is 354 g/mol. The van der Waals surface area contributed by atoms with Crippen LogP contribution in [0.4, 0.5) is 0 Å². The maximum absolute atomic E-state index is 13.0. The molecule has 1 atom stereocenters. The Labute approximate surface area is 161 Å². The third-order valence-electron chi connectivity index (χ3n) is 4.81. The first-order valence-electron chi connectivity index (χ1n) is 8.95. The Kier molecular flexibility index (Phi) is 4.82. The number of rotatable bonds is 6. The normalized spacial score (nSPS) is 12.1. The van der Waals surface area contributed by atoms with Gasteiger partial charge in [0.05, 0.1) is 30.4 Å². The molecule has 7 heteroatoms. The predicted molar refractivity (Wildman–Crippen MR) is 108 cm³/mol. The van der Waals surface area contributed by atoms with E-state index in [2.05, 4.69) is 20.5 Å². The van der Waals surface area contributed by atoms with Gasteiger partial charge in [0.25, 0.3) is 5.91 Å². The van der Waals surface area contributed by atoms with Gasteiger partial charge in [-0.25, -0.2) is 0 Å². The van der Waals surface area contributed by atoms with Crippen LogP contribution < -0.4 is 15.8 Å². The third-order valence-corrected chi connectivity index (χ3v) is 4.81. The number of aromatic nitrogens is 3. The summed E-state index contributed by atoms with van der Waals surface area (Å²) in [5.74, 6) is 0.533. The van der Waals surface area contributed by atoms with Gasteiger partial charge in [-0.15, -0.1) is 0 Å². The predicted octanol–water partition coefficient (Wildman–Crippen LogP) is 3.00. The highest BCUT2D eigenvalue weighted by molar-refractivity contribution is 6.09. The molecule has 1 unspecified atom stereocenters. The van der Waals surface area contributed by atoms with Crippen molar-refractivity contribution >= 4 is 16.8 Å². The third kappa shape index (κ3) is 3.23. The number of benzene rings is 2. The second-order valence-electron chi connectivity index (χ2n) is 6.46. The number of para-hydroxylation sites is 1. The van der Waals surface area contributed by atoms with E-state index in [0.717, 1.165) is 33.3 Å². The lowest BCUT2D eigenvalue weighted by atomic mass is 10.0. The van der Waals surface area contributed by atoms with Crippen LogP contribution in [0.3, 0.4) is 0 Å². The van der Waals surface area contributed by atoms with Gasteiger partial charge in [-0.1, -0.05) is 24.3 Å². The number of nitrogens with zero attached hydrogens (tertiary/aromatic N) is 1. The molecule has 4 aromatic rings. The van der Waals surface area contributed by atoms with E-state index in [4.69, 9.17) is 10.5 Å². The first-order valence-corrected chi connectivity index (χ1v) is 8.95. The minimum atomic E-state index is -0.318. The van der Waals surface area contributed by atoms with Crippen molar-refractivity contribution in [1.29, 1.82) is 0 Å². The summed E-state index contributed by atoms with van der Waals surface area (Å²) in [5.41, 5.74) is 10.1. The topological polar surface area (TPSA) is 109 Å². The van der Waals surface area contributed by atoms with Crippen molar-refractivity contribution in [3.05, 3.63) is 72.2 Å². The molecule has 0 aliphatic heterocycles. The lowest BCUT2D eigenvalue weighted by molar-refractivity contribution is 0.0939. The van der Waals surface area contributed by atoms with Crippen molar-refractivity contribution in [2.45, 2.75) is 6.04 Å². The Morgan fingerprint density at radius 3 is 2.86 bits per heavy atom. The molecule has 0 aliphatic carbocycles. The van der Waals surface area contributed by atoms with E-state index >= 15 is 0 Å². The van der Waals surface area contributed by atoms with E-state index in [0.29, 0.717) is 5.56 Å². The van der Waals surface area contributed by atoms with Gasteiger partial charge in [-0.05, 0) is 23.8 Å². The van der Waals surface area contributed by atoms with Crippen LogP contribution in [0.1, 0.15) is 22.0 Å². The van der Waals surface area contributed by atoms with Gasteiger partial charge < -0.3 is 20.8 Å². The average Bonchev–Trinajstić information content (AvgIpc) is 3.41. The van der Waals surface area contributed by atoms with Crippen LogP contribution in [0, 0.1) is 0 Å². The second kappa shape index (κ2) is 7.58. The lowest BCUT2D eigenvalue weighted by Gasteiger charge is -2.18. The quantitative estimate of drug-likeness (QED) is 0.415. The van der Waals surface area contributed by atoms with E-state index in [1.165, 1.54) is 0 Å². The number of fused-ring (bicyclic) bond motifs is 1. The standard InChI is InChI=1S/C21H21N5O2/c1-28-15-5-2-4-13(8-15)19(9-22)26-21(27)17-7-3-6-16-18(12-23-20(16)17)14-10-24-25-11-14/h2-8,10-12,19,23H,9,22H2,1H3,(H,24,25)(H,26,27). The largest absolute Gasteiger partial charge is 0.497 e. The number of nitrogens with two attached hydrogens (primary N) is 1. The Bertz CT molecular complexity index is 1100. The number of nitrogens with one attached hydrogen (secondary N) is 3. The van der Waals surface area contributed by atoms with Crippen molar-refractivity contribution in [2.24, 2.45) is 5.73 Å². The highest BCUT2D eigenvalue weighted by Gasteiger charge is 2.18. The highest BCUT2D eigenvalue weighted by atomic mass is 16.5. The van der Waals surface area contributed by atoms with Crippen molar-refractivity contribution in [1.82, 2.24) is 20.5 Å². The van der Waals surface area contributed by atoms with E-state index < -0.39 is 0 Å². The maximum Gasteiger partial charge on any atom is 0.253 e. The van der Waals surface area contributed by atoms with Crippen LogP contribution in [0.15, 0.2) is 61.1 Å². The number of hydrogen-bond donors (Lipinski definition) is 4. The molecule has 1 amide bonds. The van der Waals surface area contributed by atoms with Gasteiger partial charge in [-0.3, -0.25) is 9.89 Å². The van der Waals surface area contributed by atoms with E-state index in [1.54, 1.807) is 19.4 Å². The lowest BCUT2D eigenvalue weighted by Crippen LogP contribution is -2.33. The molecule has 2 heterocycles.